The summed E-state index contributed by atoms with van der Waals surface area (Å²) in [7, 11) is -2.33. The van der Waals surface area contributed by atoms with Crippen molar-refractivity contribution in [2.45, 2.75) is 18.2 Å². The number of methoxy groups -OCH3 is 1. The molecule has 2 aromatic carbocycles. The number of amides is 1. The minimum atomic E-state index is -3.75. The summed E-state index contributed by atoms with van der Waals surface area (Å²) in [4.78, 5) is 12.5. The van der Waals surface area contributed by atoms with Crippen LogP contribution in [0.2, 0.25) is 5.02 Å². The number of carbonyl (C=O) groups is 1. The first-order valence-corrected chi connectivity index (χ1v) is 10.9. The number of rotatable bonds is 6. The molecule has 1 N–H and O–H groups in total. The van der Waals surface area contributed by atoms with Crippen LogP contribution in [0.15, 0.2) is 41.3 Å². The second-order valence-corrected chi connectivity index (χ2v) is 9.03. The zero-order chi connectivity index (χ0) is 21.0. The van der Waals surface area contributed by atoms with Crippen molar-refractivity contribution in [3.63, 3.8) is 0 Å². The normalized spacial score (nSPS) is 15.1. The minimum absolute atomic E-state index is 0.0255. The Bertz CT molecular complexity index is 1000. The van der Waals surface area contributed by atoms with Crippen molar-refractivity contribution in [1.82, 2.24) is 4.31 Å². The maximum atomic E-state index is 13.0. The van der Waals surface area contributed by atoms with Crippen molar-refractivity contribution in [2.24, 2.45) is 0 Å². The third-order valence-corrected chi connectivity index (χ3v) is 6.80. The predicted molar refractivity (Wildman–Crippen MR) is 111 cm³/mol. The van der Waals surface area contributed by atoms with Crippen LogP contribution >= 0.6 is 11.6 Å². The van der Waals surface area contributed by atoms with Crippen LogP contribution in [0.3, 0.4) is 0 Å². The average Bonchev–Trinajstić information content (AvgIpc) is 2.70. The molecule has 1 aliphatic heterocycles. The van der Waals surface area contributed by atoms with Crippen molar-refractivity contribution in [2.75, 3.05) is 38.7 Å². The van der Waals surface area contributed by atoms with Gasteiger partial charge in [0.05, 0.1) is 26.7 Å². The molecule has 0 bridgehead atoms. The number of nitrogens with zero attached hydrogens (tertiary/aromatic N) is 1. The number of hydrogen-bond acceptors (Lipinski definition) is 5. The number of anilines is 1. The third kappa shape index (κ3) is 5.08. The largest absolute Gasteiger partial charge is 0.495 e. The van der Waals surface area contributed by atoms with E-state index >= 15 is 0 Å². The molecule has 9 heteroatoms. The molecule has 0 spiro atoms. The lowest BCUT2D eigenvalue weighted by Crippen LogP contribution is -2.40. The van der Waals surface area contributed by atoms with Gasteiger partial charge in [0.2, 0.25) is 15.9 Å². The van der Waals surface area contributed by atoms with E-state index < -0.39 is 10.0 Å². The summed E-state index contributed by atoms with van der Waals surface area (Å²) in [5.74, 6) is -0.00972. The molecule has 0 aromatic heterocycles. The molecule has 2 aromatic rings. The summed E-state index contributed by atoms with van der Waals surface area (Å²) in [6.45, 7) is 3.12. The number of halogens is 1. The number of carbonyl (C=O) groups excluding carboxylic acids is 1. The summed E-state index contributed by atoms with van der Waals surface area (Å²) in [6, 6.07) is 9.95. The predicted octanol–water partition coefficient (Wildman–Crippen LogP) is 2.86. The molecular formula is C20H23ClN2O5S. The lowest BCUT2D eigenvalue weighted by molar-refractivity contribution is -0.115. The number of sulfonamides is 1. The van der Waals surface area contributed by atoms with Gasteiger partial charge < -0.3 is 14.8 Å². The van der Waals surface area contributed by atoms with Crippen LogP contribution in [0.1, 0.15) is 11.1 Å². The second-order valence-electron chi connectivity index (χ2n) is 6.69. The van der Waals surface area contributed by atoms with E-state index in [0.29, 0.717) is 29.5 Å². The van der Waals surface area contributed by atoms with Crippen LogP contribution in [-0.4, -0.2) is 52.0 Å². The van der Waals surface area contributed by atoms with E-state index in [4.69, 9.17) is 21.1 Å². The van der Waals surface area contributed by atoms with Gasteiger partial charge in [0.15, 0.2) is 0 Å². The fraction of sp³-hybridized carbons (Fsp3) is 0.350. The molecule has 0 atom stereocenters. The van der Waals surface area contributed by atoms with Gasteiger partial charge in [0.25, 0.3) is 0 Å². The fourth-order valence-electron chi connectivity index (χ4n) is 3.11. The van der Waals surface area contributed by atoms with Gasteiger partial charge in [-0.05, 0) is 48.4 Å². The minimum Gasteiger partial charge on any atom is -0.495 e. The number of morpholine rings is 1. The molecule has 0 radical (unpaired) electrons. The topological polar surface area (TPSA) is 84.9 Å². The van der Waals surface area contributed by atoms with Crippen LogP contribution in [0.5, 0.6) is 5.75 Å². The van der Waals surface area contributed by atoms with Gasteiger partial charge in [0.1, 0.15) is 10.6 Å². The zero-order valence-corrected chi connectivity index (χ0v) is 17.8. The highest BCUT2D eigenvalue weighted by molar-refractivity contribution is 7.89. The van der Waals surface area contributed by atoms with Crippen molar-refractivity contribution in [3.8, 4) is 5.75 Å². The van der Waals surface area contributed by atoms with Gasteiger partial charge in [-0.1, -0.05) is 17.7 Å². The maximum Gasteiger partial charge on any atom is 0.246 e. The van der Waals surface area contributed by atoms with Gasteiger partial charge in [0, 0.05) is 23.8 Å². The SMILES string of the molecule is COc1ccc(CC(=O)Nc2ccc(Cl)cc2C)cc1S(=O)(=O)N1CCOCC1. The Balaban J connectivity index is 1.81. The van der Waals surface area contributed by atoms with Crippen molar-refractivity contribution >= 4 is 33.2 Å². The highest BCUT2D eigenvalue weighted by atomic mass is 35.5. The Labute approximate surface area is 175 Å². The fourth-order valence-corrected chi connectivity index (χ4v) is 4.95. The lowest BCUT2D eigenvalue weighted by Gasteiger charge is -2.26. The first-order chi connectivity index (χ1) is 13.8. The molecule has 3 rings (SSSR count). The molecule has 156 valence electrons. The van der Waals surface area contributed by atoms with Crippen LogP contribution < -0.4 is 10.1 Å². The van der Waals surface area contributed by atoms with E-state index in [1.165, 1.54) is 17.5 Å². The molecule has 1 fully saturated rings. The van der Waals surface area contributed by atoms with Gasteiger partial charge in [-0.2, -0.15) is 4.31 Å². The summed E-state index contributed by atoms with van der Waals surface area (Å²) < 4.78 is 38.0. The molecule has 1 amide bonds. The molecule has 1 aliphatic rings. The first-order valence-electron chi connectivity index (χ1n) is 9.12. The van der Waals surface area contributed by atoms with Crippen LogP contribution in [-0.2, 0) is 26.0 Å². The third-order valence-electron chi connectivity index (χ3n) is 4.64. The summed E-state index contributed by atoms with van der Waals surface area (Å²) in [5.41, 5.74) is 2.08. The highest BCUT2D eigenvalue weighted by Gasteiger charge is 2.29. The monoisotopic (exact) mass is 438 g/mol. The molecule has 1 saturated heterocycles. The zero-order valence-electron chi connectivity index (χ0n) is 16.3. The van der Waals surface area contributed by atoms with E-state index in [1.807, 2.05) is 6.92 Å². The van der Waals surface area contributed by atoms with Gasteiger partial charge in [-0.25, -0.2) is 8.42 Å². The van der Waals surface area contributed by atoms with Crippen LogP contribution in [0, 0.1) is 6.92 Å². The van der Waals surface area contributed by atoms with E-state index in [-0.39, 0.29) is 36.1 Å². The molecule has 0 saturated carbocycles. The average molecular weight is 439 g/mol. The van der Waals surface area contributed by atoms with Gasteiger partial charge in [-0.15, -0.1) is 0 Å². The Hall–Kier alpha value is -2.13. The maximum absolute atomic E-state index is 13.0. The molecule has 0 aliphatic carbocycles. The van der Waals surface area contributed by atoms with Crippen molar-refractivity contribution in [3.05, 3.63) is 52.5 Å². The van der Waals surface area contributed by atoms with Gasteiger partial charge in [-0.3, -0.25) is 4.79 Å². The van der Waals surface area contributed by atoms with E-state index in [1.54, 1.807) is 30.3 Å². The Morgan fingerprint density at radius 3 is 2.59 bits per heavy atom. The molecule has 29 heavy (non-hydrogen) atoms. The summed E-state index contributed by atoms with van der Waals surface area (Å²) in [6.07, 6.45) is 0.0255. The lowest BCUT2D eigenvalue weighted by atomic mass is 10.1. The highest BCUT2D eigenvalue weighted by Crippen LogP contribution is 2.29. The number of aryl methyl sites for hydroxylation is 1. The number of benzene rings is 2. The van der Waals surface area contributed by atoms with Crippen molar-refractivity contribution < 1.29 is 22.7 Å². The van der Waals surface area contributed by atoms with Crippen molar-refractivity contribution in [1.29, 1.82) is 0 Å². The quantitative estimate of drug-likeness (QED) is 0.749. The summed E-state index contributed by atoms with van der Waals surface area (Å²) in [5, 5.41) is 3.42. The smallest absolute Gasteiger partial charge is 0.246 e. The van der Waals surface area contributed by atoms with E-state index in [9.17, 15) is 13.2 Å². The first kappa shape index (κ1) is 21.6. The summed E-state index contributed by atoms with van der Waals surface area (Å²) >= 11 is 5.94. The Morgan fingerprint density at radius 1 is 1.21 bits per heavy atom. The molecule has 0 unspecified atom stereocenters. The van der Waals surface area contributed by atoms with E-state index in [0.717, 1.165) is 5.56 Å². The number of ether oxygens (including phenoxy) is 2. The standard InChI is InChI=1S/C20H23ClN2O5S/c1-14-11-16(21)4-5-17(14)22-20(24)13-15-3-6-18(27-2)19(12-15)29(25,26)23-7-9-28-10-8-23/h3-6,11-12H,7-10,13H2,1-2H3,(H,22,24). The van der Waals surface area contributed by atoms with Crippen LogP contribution in [0.4, 0.5) is 5.69 Å². The van der Waals surface area contributed by atoms with Gasteiger partial charge >= 0.3 is 0 Å². The second kappa shape index (κ2) is 9.13. The molecular weight excluding hydrogens is 416 g/mol. The van der Waals surface area contributed by atoms with Crippen LogP contribution in [0.25, 0.3) is 0 Å². The van der Waals surface area contributed by atoms with E-state index in [2.05, 4.69) is 5.32 Å². The molecule has 1 heterocycles. The number of hydrogen-bond donors (Lipinski definition) is 1. The Morgan fingerprint density at radius 2 is 1.93 bits per heavy atom. The molecule has 7 nitrogen and oxygen atoms in total. The Kier molecular flexibility index (Phi) is 6.79. The number of nitrogens with one attached hydrogen (secondary N) is 1.